The van der Waals surface area contributed by atoms with Crippen LogP contribution in [-0.2, 0) is 0 Å². The van der Waals surface area contributed by atoms with Gasteiger partial charge in [0.15, 0.2) is 0 Å². The van der Waals surface area contributed by atoms with Crippen LogP contribution in [0.15, 0.2) is 53.0 Å². The molecule has 1 aliphatic rings. The van der Waals surface area contributed by atoms with E-state index < -0.39 is 5.60 Å². The normalized spacial score (nSPS) is 17.4. The molecule has 3 aromatic rings. The highest BCUT2D eigenvalue weighted by molar-refractivity contribution is 9.10. The standard InChI is InChI=1S/C24H24BrN3O2/c1-28-11-9-24(29,10-12-28)22(17-5-3-16(15-26)4-6-17)20-14-18-13-19(25)7-8-21(18)27-23(20)30-2/h3-8,13-14,22,29H,9-12H2,1-2H3. The lowest BCUT2D eigenvalue weighted by Crippen LogP contribution is -2.47. The number of rotatable bonds is 4. The predicted molar refractivity (Wildman–Crippen MR) is 121 cm³/mol. The first-order valence-electron chi connectivity index (χ1n) is 9.99. The highest BCUT2D eigenvalue weighted by Gasteiger charge is 2.42. The van der Waals surface area contributed by atoms with Crippen LogP contribution in [0.1, 0.15) is 35.4 Å². The molecule has 1 saturated heterocycles. The molecule has 5 nitrogen and oxygen atoms in total. The van der Waals surface area contributed by atoms with Crippen molar-refractivity contribution >= 4 is 26.8 Å². The van der Waals surface area contributed by atoms with Gasteiger partial charge in [-0.05, 0) is 61.9 Å². The van der Waals surface area contributed by atoms with Crippen molar-refractivity contribution in [2.75, 3.05) is 27.2 Å². The largest absolute Gasteiger partial charge is 0.481 e. The number of piperidine rings is 1. The SMILES string of the molecule is COc1nc2ccc(Br)cc2cc1C(c1ccc(C#N)cc1)C1(O)CCN(C)CC1. The second kappa shape index (κ2) is 8.35. The van der Waals surface area contributed by atoms with Crippen molar-refractivity contribution in [3.05, 3.63) is 69.7 Å². The Morgan fingerprint density at radius 1 is 1.17 bits per heavy atom. The van der Waals surface area contributed by atoms with Gasteiger partial charge in [-0.1, -0.05) is 28.1 Å². The van der Waals surface area contributed by atoms with Crippen molar-refractivity contribution in [3.63, 3.8) is 0 Å². The van der Waals surface area contributed by atoms with E-state index in [1.165, 1.54) is 0 Å². The molecule has 1 aliphatic heterocycles. The van der Waals surface area contributed by atoms with Gasteiger partial charge in [-0.3, -0.25) is 0 Å². The summed E-state index contributed by atoms with van der Waals surface area (Å²) in [5.74, 6) is 0.205. The fourth-order valence-electron chi connectivity index (χ4n) is 4.34. The lowest BCUT2D eigenvalue weighted by molar-refractivity contribution is -0.0293. The number of hydrogen-bond acceptors (Lipinski definition) is 5. The molecule has 0 amide bonds. The molecule has 1 atom stereocenters. The van der Waals surface area contributed by atoms with Gasteiger partial charge in [-0.2, -0.15) is 5.26 Å². The molecule has 1 N–H and O–H groups in total. The molecule has 0 saturated carbocycles. The van der Waals surface area contributed by atoms with Crippen LogP contribution in [0.5, 0.6) is 5.88 Å². The molecule has 6 heteroatoms. The Morgan fingerprint density at radius 2 is 1.87 bits per heavy atom. The van der Waals surface area contributed by atoms with E-state index in [9.17, 15) is 10.4 Å². The van der Waals surface area contributed by atoms with E-state index in [0.717, 1.165) is 39.6 Å². The number of nitriles is 1. The zero-order valence-electron chi connectivity index (χ0n) is 17.1. The Morgan fingerprint density at radius 3 is 2.50 bits per heavy atom. The van der Waals surface area contributed by atoms with E-state index in [1.54, 1.807) is 19.2 Å². The summed E-state index contributed by atoms with van der Waals surface area (Å²) in [7, 11) is 3.69. The molecular formula is C24H24BrN3O2. The highest BCUT2D eigenvalue weighted by atomic mass is 79.9. The summed E-state index contributed by atoms with van der Waals surface area (Å²) in [5.41, 5.74) is 2.32. The molecule has 0 aliphatic carbocycles. The Labute approximate surface area is 185 Å². The number of aromatic nitrogens is 1. The first-order valence-corrected chi connectivity index (χ1v) is 10.8. The highest BCUT2D eigenvalue weighted by Crippen LogP contribution is 2.45. The van der Waals surface area contributed by atoms with Crippen LogP contribution in [-0.4, -0.2) is 47.8 Å². The van der Waals surface area contributed by atoms with Crippen molar-refractivity contribution in [3.8, 4) is 11.9 Å². The monoisotopic (exact) mass is 465 g/mol. The van der Waals surface area contributed by atoms with Crippen molar-refractivity contribution < 1.29 is 9.84 Å². The maximum atomic E-state index is 11.8. The predicted octanol–water partition coefficient (Wildman–Crippen LogP) is 4.47. The van der Waals surface area contributed by atoms with Crippen molar-refractivity contribution in [1.29, 1.82) is 5.26 Å². The molecule has 2 aromatic carbocycles. The van der Waals surface area contributed by atoms with Gasteiger partial charge in [0.2, 0.25) is 5.88 Å². The third kappa shape index (κ3) is 3.93. The molecule has 4 rings (SSSR count). The van der Waals surface area contributed by atoms with E-state index in [-0.39, 0.29) is 5.92 Å². The van der Waals surface area contributed by atoms with Gasteiger partial charge in [0.05, 0.1) is 29.9 Å². The van der Waals surface area contributed by atoms with Crippen molar-refractivity contribution in [2.45, 2.75) is 24.4 Å². The van der Waals surface area contributed by atoms with E-state index in [4.69, 9.17) is 9.72 Å². The fourth-order valence-corrected chi connectivity index (χ4v) is 4.72. The van der Waals surface area contributed by atoms with Crippen LogP contribution in [0, 0.1) is 11.3 Å². The molecule has 0 radical (unpaired) electrons. The summed E-state index contributed by atoms with van der Waals surface area (Å²) in [6.07, 6.45) is 1.29. The molecule has 0 spiro atoms. The molecule has 1 unspecified atom stereocenters. The zero-order chi connectivity index (χ0) is 21.3. The number of likely N-dealkylation sites (tertiary alicyclic amines) is 1. The van der Waals surface area contributed by atoms with Crippen molar-refractivity contribution in [1.82, 2.24) is 9.88 Å². The second-order valence-corrected chi connectivity index (χ2v) is 8.91. The van der Waals surface area contributed by atoms with Crippen LogP contribution in [0.25, 0.3) is 10.9 Å². The number of pyridine rings is 1. The van der Waals surface area contributed by atoms with Gasteiger partial charge in [-0.25, -0.2) is 4.98 Å². The molecular weight excluding hydrogens is 442 g/mol. The summed E-state index contributed by atoms with van der Waals surface area (Å²) in [4.78, 5) is 6.97. The maximum absolute atomic E-state index is 11.8. The number of aliphatic hydroxyl groups is 1. The third-order valence-corrected chi connectivity index (χ3v) is 6.53. The number of methoxy groups -OCH3 is 1. The molecule has 1 fully saturated rings. The van der Waals surface area contributed by atoms with Gasteiger partial charge >= 0.3 is 0 Å². The lowest BCUT2D eigenvalue weighted by atomic mass is 9.72. The van der Waals surface area contributed by atoms with Crippen LogP contribution < -0.4 is 4.74 Å². The lowest BCUT2D eigenvalue weighted by Gasteiger charge is -2.42. The average molecular weight is 466 g/mol. The average Bonchev–Trinajstić information content (AvgIpc) is 2.76. The Hall–Kier alpha value is -2.46. The Bertz CT molecular complexity index is 1100. The first kappa shape index (κ1) is 20.8. The van der Waals surface area contributed by atoms with Gasteiger partial charge in [-0.15, -0.1) is 0 Å². The Kier molecular flexibility index (Phi) is 5.79. The minimum Gasteiger partial charge on any atom is -0.481 e. The van der Waals surface area contributed by atoms with E-state index in [0.29, 0.717) is 24.3 Å². The van der Waals surface area contributed by atoms with Gasteiger partial charge in [0, 0.05) is 34.4 Å². The van der Waals surface area contributed by atoms with Gasteiger partial charge in [0.1, 0.15) is 0 Å². The Balaban J connectivity index is 1.91. The van der Waals surface area contributed by atoms with E-state index >= 15 is 0 Å². The summed E-state index contributed by atoms with van der Waals surface area (Å²) < 4.78 is 6.66. The summed E-state index contributed by atoms with van der Waals surface area (Å²) in [5, 5.41) is 22.0. The molecule has 0 bridgehead atoms. The fraction of sp³-hybridized carbons (Fsp3) is 0.333. The van der Waals surface area contributed by atoms with Crippen molar-refractivity contribution in [2.24, 2.45) is 0 Å². The maximum Gasteiger partial charge on any atom is 0.217 e. The van der Waals surface area contributed by atoms with Gasteiger partial charge < -0.3 is 14.7 Å². The molecule has 154 valence electrons. The van der Waals surface area contributed by atoms with Crippen LogP contribution in [0.4, 0.5) is 0 Å². The minimum atomic E-state index is -0.935. The molecule has 2 heterocycles. The molecule has 30 heavy (non-hydrogen) atoms. The number of benzene rings is 2. The second-order valence-electron chi connectivity index (χ2n) is 8.00. The minimum absolute atomic E-state index is 0.315. The summed E-state index contributed by atoms with van der Waals surface area (Å²) >= 11 is 3.54. The number of nitrogens with zero attached hydrogens (tertiary/aromatic N) is 3. The smallest absolute Gasteiger partial charge is 0.217 e. The summed E-state index contributed by atoms with van der Waals surface area (Å²) in [6.45, 7) is 1.64. The molecule has 1 aromatic heterocycles. The van der Waals surface area contributed by atoms with E-state index in [1.807, 2.05) is 30.3 Å². The van der Waals surface area contributed by atoms with Crippen LogP contribution in [0.3, 0.4) is 0 Å². The van der Waals surface area contributed by atoms with Crippen LogP contribution >= 0.6 is 15.9 Å². The number of halogens is 1. The number of fused-ring (bicyclic) bond motifs is 1. The topological polar surface area (TPSA) is 69.4 Å². The quantitative estimate of drug-likeness (QED) is 0.615. The zero-order valence-corrected chi connectivity index (χ0v) is 18.7. The first-order chi connectivity index (χ1) is 14.4. The number of hydrogen-bond donors (Lipinski definition) is 1. The summed E-state index contributed by atoms with van der Waals surface area (Å²) in [6, 6.07) is 17.7. The van der Waals surface area contributed by atoms with E-state index in [2.05, 4.69) is 40.0 Å². The number of ether oxygens (including phenoxy) is 1. The third-order valence-electron chi connectivity index (χ3n) is 6.04. The van der Waals surface area contributed by atoms with Crippen LogP contribution in [0.2, 0.25) is 0 Å². The van der Waals surface area contributed by atoms with Gasteiger partial charge in [0.25, 0.3) is 0 Å².